The summed E-state index contributed by atoms with van der Waals surface area (Å²) in [5, 5.41) is 32.7. The molecule has 0 bridgehead atoms. The summed E-state index contributed by atoms with van der Waals surface area (Å²) in [4.78, 5) is 12.8. The van der Waals surface area contributed by atoms with E-state index in [1.807, 2.05) is 0 Å². The third kappa shape index (κ3) is 3.00. The molecule has 9 nitrogen and oxygen atoms in total. The SMILES string of the molecule is CCCCNc1ncnc2c1nc(Br)n2[C@@H]1O[C@H](CO)[C@@H](O)[C@H]1O. The standard InChI is InChI=1S/C14H20BrN5O4/c1-2-3-4-16-11-8-12(18-6-17-11)20(14(15)19-8)13-10(23)9(22)7(5-21)24-13/h6-7,9-10,13,21-23H,2-5H2,1H3,(H,16,17,18)/t7-,9-,10-,13-/m1/s1. The van der Waals surface area contributed by atoms with Crippen LogP contribution in [0.4, 0.5) is 5.82 Å². The number of anilines is 1. The van der Waals surface area contributed by atoms with E-state index in [4.69, 9.17) is 4.74 Å². The Kier molecular flexibility index (Phi) is 5.30. The van der Waals surface area contributed by atoms with Crippen molar-refractivity contribution >= 4 is 32.9 Å². The summed E-state index contributed by atoms with van der Waals surface area (Å²) in [6.07, 6.45) is -0.698. The topological polar surface area (TPSA) is 126 Å². The minimum atomic E-state index is -1.21. The van der Waals surface area contributed by atoms with Crippen molar-refractivity contribution in [1.29, 1.82) is 0 Å². The van der Waals surface area contributed by atoms with Gasteiger partial charge in [0.1, 0.15) is 24.6 Å². The minimum absolute atomic E-state index is 0.391. The van der Waals surface area contributed by atoms with Crippen LogP contribution in [0.25, 0.3) is 11.2 Å². The molecule has 3 heterocycles. The first-order valence-electron chi connectivity index (χ1n) is 7.83. The second kappa shape index (κ2) is 7.28. The molecule has 0 radical (unpaired) electrons. The molecular formula is C14H20BrN5O4. The first kappa shape index (κ1) is 17.5. The lowest BCUT2D eigenvalue weighted by molar-refractivity contribution is -0.0521. The Labute approximate surface area is 146 Å². The first-order valence-corrected chi connectivity index (χ1v) is 8.62. The van der Waals surface area contributed by atoms with E-state index < -0.39 is 31.1 Å². The number of halogens is 1. The Hall–Kier alpha value is -1.33. The normalized spacial score (nSPS) is 27.0. The number of nitrogens with one attached hydrogen (secondary N) is 1. The van der Waals surface area contributed by atoms with E-state index in [9.17, 15) is 15.3 Å². The van der Waals surface area contributed by atoms with Crippen LogP contribution in [-0.2, 0) is 4.74 Å². The van der Waals surface area contributed by atoms with Gasteiger partial charge in [-0.15, -0.1) is 0 Å². The molecule has 0 spiro atoms. The zero-order chi connectivity index (χ0) is 17.3. The van der Waals surface area contributed by atoms with Crippen molar-refractivity contribution < 1.29 is 20.1 Å². The average Bonchev–Trinajstić information content (AvgIpc) is 3.05. The molecule has 2 aromatic rings. The van der Waals surface area contributed by atoms with Crippen LogP contribution in [0.3, 0.4) is 0 Å². The summed E-state index contributed by atoms with van der Waals surface area (Å²) < 4.78 is 7.51. The number of unbranched alkanes of at least 4 members (excludes halogenated alkanes) is 1. The van der Waals surface area contributed by atoms with E-state index in [1.165, 1.54) is 6.33 Å². The molecule has 1 aliphatic rings. The maximum absolute atomic E-state index is 10.2. The van der Waals surface area contributed by atoms with Crippen LogP contribution in [0.5, 0.6) is 0 Å². The predicted molar refractivity (Wildman–Crippen MR) is 89.4 cm³/mol. The van der Waals surface area contributed by atoms with Gasteiger partial charge in [0.05, 0.1) is 6.61 Å². The number of hydrogen-bond acceptors (Lipinski definition) is 8. The van der Waals surface area contributed by atoms with E-state index in [0.29, 0.717) is 21.7 Å². The highest BCUT2D eigenvalue weighted by atomic mass is 79.9. The third-order valence-corrected chi connectivity index (χ3v) is 4.59. The smallest absolute Gasteiger partial charge is 0.181 e. The first-order chi connectivity index (χ1) is 11.6. The Balaban J connectivity index is 1.97. The Bertz CT molecular complexity index is 712. The van der Waals surface area contributed by atoms with Gasteiger partial charge in [0.15, 0.2) is 27.9 Å². The number of imidazole rings is 1. The average molecular weight is 402 g/mol. The molecular weight excluding hydrogens is 382 g/mol. The molecule has 0 saturated carbocycles. The number of rotatable bonds is 6. The number of aliphatic hydroxyl groups excluding tert-OH is 3. The van der Waals surface area contributed by atoms with Gasteiger partial charge < -0.3 is 25.4 Å². The minimum Gasteiger partial charge on any atom is -0.394 e. The van der Waals surface area contributed by atoms with Gasteiger partial charge in [0.25, 0.3) is 0 Å². The van der Waals surface area contributed by atoms with Crippen molar-refractivity contribution in [2.24, 2.45) is 0 Å². The number of hydrogen-bond donors (Lipinski definition) is 4. The van der Waals surface area contributed by atoms with Gasteiger partial charge in [-0.05, 0) is 22.4 Å². The number of aromatic nitrogens is 4. The number of fused-ring (bicyclic) bond motifs is 1. The van der Waals surface area contributed by atoms with E-state index in [0.717, 1.165) is 19.4 Å². The predicted octanol–water partition coefficient (Wildman–Crippen LogP) is 0.412. The van der Waals surface area contributed by atoms with Gasteiger partial charge in [-0.3, -0.25) is 4.57 Å². The van der Waals surface area contributed by atoms with Crippen molar-refractivity contribution in [2.45, 2.75) is 44.3 Å². The van der Waals surface area contributed by atoms with Gasteiger partial charge in [0.2, 0.25) is 0 Å². The molecule has 132 valence electrons. The van der Waals surface area contributed by atoms with Crippen LogP contribution in [0.1, 0.15) is 26.0 Å². The number of ether oxygens (including phenoxy) is 1. The lowest BCUT2D eigenvalue weighted by Crippen LogP contribution is -2.33. The highest BCUT2D eigenvalue weighted by Gasteiger charge is 2.44. The fourth-order valence-corrected chi connectivity index (χ4v) is 3.26. The summed E-state index contributed by atoms with van der Waals surface area (Å²) in [5.41, 5.74) is 1.00. The van der Waals surface area contributed by atoms with Crippen molar-refractivity contribution in [3.05, 3.63) is 11.1 Å². The second-order valence-electron chi connectivity index (χ2n) is 5.65. The molecule has 24 heavy (non-hydrogen) atoms. The highest BCUT2D eigenvalue weighted by molar-refractivity contribution is 9.10. The number of nitrogens with zero attached hydrogens (tertiary/aromatic N) is 4. The number of aliphatic hydroxyl groups is 3. The summed E-state index contributed by atoms with van der Waals surface area (Å²) in [6.45, 7) is 2.48. The van der Waals surface area contributed by atoms with E-state index in [-0.39, 0.29) is 0 Å². The van der Waals surface area contributed by atoms with Crippen LogP contribution in [-0.4, -0.2) is 66.3 Å². The monoisotopic (exact) mass is 401 g/mol. The van der Waals surface area contributed by atoms with Gasteiger partial charge >= 0.3 is 0 Å². The van der Waals surface area contributed by atoms with Gasteiger partial charge in [-0.1, -0.05) is 13.3 Å². The van der Waals surface area contributed by atoms with Crippen LogP contribution in [0.15, 0.2) is 11.1 Å². The molecule has 0 amide bonds. The molecule has 0 unspecified atom stereocenters. The highest BCUT2D eigenvalue weighted by Crippen LogP contribution is 2.35. The molecule has 1 aliphatic heterocycles. The fraction of sp³-hybridized carbons (Fsp3) is 0.643. The zero-order valence-corrected chi connectivity index (χ0v) is 14.7. The van der Waals surface area contributed by atoms with E-state index in [2.05, 4.69) is 43.1 Å². The second-order valence-corrected chi connectivity index (χ2v) is 6.36. The van der Waals surface area contributed by atoms with Crippen LogP contribution >= 0.6 is 15.9 Å². The molecule has 4 N–H and O–H groups in total. The van der Waals surface area contributed by atoms with Gasteiger partial charge in [0, 0.05) is 6.54 Å². The van der Waals surface area contributed by atoms with Gasteiger partial charge in [-0.2, -0.15) is 0 Å². The zero-order valence-electron chi connectivity index (χ0n) is 13.1. The van der Waals surface area contributed by atoms with E-state index >= 15 is 0 Å². The van der Waals surface area contributed by atoms with E-state index in [1.54, 1.807) is 4.57 Å². The summed E-state index contributed by atoms with van der Waals surface area (Å²) in [7, 11) is 0. The molecule has 2 aromatic heterocycles. The van der Waals surface area contributed by atoms with Crippen molar-refractivity contribution in [3.8, 4) is 0 Å². The molecule has 4 atom stereocenters. The lowest BCUT2D eigenvalue weighted by atomic mass is 10.1. The molecule has 10 heteroatoms. The van der Waals surface area contributed by atoms with Crippen molar-refractivity contribution in [3.63, 3.8) is 0 Å². The van der Waals surface area contributed by atoms with Crippen LogP contribution in [0.2, 0.25) is 0 Å². The molecule has 1 saturated heterocycles. The maximum Gasteiger partial charge on any atom is 0.181 e. The van der Waals surface area contributed by atoms with Crippen molar-refractivity contribution in [2.75, 3.05) is 18.5 Å². The largest absolute Gasteiger partial charge is 0.394 e. The lowest BCUT2D eigenvalue weighted by Gasteiger charge is -2.17. The summed E-state index contributed by atoms with van der Waals surface area (Å²) in [6, 6.07) is 0. The summed E-state index contributed by atoms with van der Waals surface area (Å²) in [5.74, 6) is 0.597. The molecule has 3 rings (SSSR count). The fourth-order valence-electron chi connectivity index (χ4n) is 2.71. The Morgan fingerprint density at radius 1 is 1.33 bits per heavy atom. The van der Waals surface area contributed by atoms with Crippen LogP contribution < -0.4 is 5.32 Å². The third-order valence-electron chi connectivity index (χ3n) is 4.03. The summed E-state index contributed by atoms with van der Waals surface area (Å²) >= 11 is 3.35. The quantitative estimate of drug-likeness (QED) is 0.405. The Morgan fingerprint density at radius 2 is 2.12 bits per heavy atom. The Morgan fingerprint density at radius 3 is 2.79 bits per heavy atom. The molecule has 0 aliphatic carbocycles. The van der Waals surface area contributed by atoms with Crippen LogP contribution in [0, 0.1) is 0 Å². The van der Waals surface area contributed by atoms with Gasteiger partial charge in [-0.25, -0.2) is 15.0 Å². The molecule has 0 aromatic carbocycles. The maximum atomic E-state index is 10.2. The van der Waals surface area contributed by atoms with Crippen molar-refractivity contribution in [1.82, 2.24) is 19.5 Å². The molecule has 1 fully saturated rings.